The monoisotopic (exact) mass is 370 g/mol. The van der Waals surface area contributed by atoms with Gasteiger partial charge in [-0.2, -0.15) is 0 Å². The summed E-state index contributed by atoms with van der Waals surface area (Å²) in [4.78, 5) is 17.7. The molecule has 1 aliphatic heterocycles. The number of benzene rings is 1. The molecule has 0 amide bonds. The highest BCUT2D eigenvalue weighted by Gasteiger charge is 2.22. The number of carbonyl (C=O) groups excluding carboxylic acids is 1. The number of ether oxygens (including phenoxy) is 2. The molecule has 2 heterocycles. The molecule has 1 N–H and O–H groups in total. The predicted octanol–water partition coefficient (Wildman–Crippen LogP) is 4.07. The van der Waals surface area contributed by atoms with Gasteiger partial charge in [-0.05, 0) is 58.2 Å². The van der Waals surface area contributed by atoms with Crippen LogP contribution in [0, 0.1) is 13.8 Å². The number of hydrogen-bond acceptors (Lipinski definition) is 4. The van der Waals surface area contributed by atoms with E-state index in [2.05, 4.69) is 40.2 Å². The van der Waals surface area contributed by atoms with Crippen LogP contribution in [0.2, 0.25) is 0 Å². The number of hydrogen-bond donors (Lipinski definition) is 1. The van der Waals surface area contributed by atoms with Crippen LogP contribution >= 0.6 is 0 Å². The largest absolute Gasteiger partial charge is 0.489 e. The zero-order valence-corrected chi connectivity index (χ0v) is 16.6. The summed E-state index contributed by atoms with van der Waals surface area (Å²) in [5.41, 5.74) is 3.79. The van der Waals surface area contributed by atoms with Gasteiger partial charge in [0.05, 0.1) is 6.61 Å². The lowest BCUT2D eigenvalue weighted by molar-refractivity contribution is 0.0514. The third-order valence-corrected chi connectivity index (χ3v) is 5.43. The molecule has 0 bridgehead atoms. The molecule has 3 rings (SSSR count). The van der Waals surface area contributed by atoms with Crippen molar-refractivity contribution in [2.45, 2.75) is 39.5 Å². The van der Waals surface area contributed by atoms with Gasteiger partial charge in [0.15, 0.2) is 11.4 Å². The van der Waals surface area contributed by atoms with Gasteiger partial charge in [-0.1, -0.05) is 30.3 Å². The number of esters is 1. The Hall–Kier alpha value is -2.27. The highest BCUT2D eigenvalue weighted by atomic mass is 16.5. The van der Waals surface area contributed by atoms with Crippen LogP contribution in [0.15, 0.2) is 30.3 Å². The van der Waals surface area contributed by atoms with Gasteiger partial charge in [-0.25, -0.2) is 4.79 Å². The lowest BCUT2D eigenvalue weighted by Crippen LogP contribution is -2.36. The lowest BCUT2D eigenvalue weighted by Gasteiger charge is -2.32. The summed E-state index contributed by atoms with van der Waals surface area (Å²) in [6, 6.07) is 10.8. The number of likely N-dealkylation sites (tertiary alicyclic amines) is 1. The van der Waals surface area contributed by atoms with E-state index in [-0.39, 0.29) is 5.97 Å². The van der Waals surface area contributed by atoms with E-state index in [4.69, 9.17) is 9.47 Å². The predicted molar refractivity (Wildman–Crippen MR) is 107 cm³/mol. The SMILES string of the molecule is CCOC(=O)c1[nH]c(C)c(C)c1OCCN1CCC(c2ccccc2)CC1. The van der Waals surface area contributed by atoms with Crippen molar-refractivity contribution in [1.82, 2.24) is 9.88 Å². The van der Waals surface area contributed by atoms with Crippen LogP contribution in [0.25, 0.3) is 0 Å². The van der Waals surface area contributed by atoms with E-state index in [1.807, 2.05) is 13.8 Å². The van der Waals surface area contributed by atoms with Gasteiger partial charge in [0, 0.05) is 17.8 Å². The minimum atomic E-state index is -0.354. The molecule has 0 aliphatic carbocycles. The van der Waals surface area contributed by atoms with E-state index in [0.29, 0.717) is 30.6 Å². The van der Waals surface area contributed by atoms with Crippen molar-refractivity contribution in [3.05, 3.63) is 52.8 Å². The summed E-state index contributed by atoms with van der Waals surface area (Å²) in [6.07, 6.45) is 2.36. The van der Waals surface area contributed by atoms with Crippen LogP contribution in [0.3, 0.4) is 0 Å². The van der Waals surface area contributed by atoms with Crippen LogP contribution in [0.5, 0.6) is 5.75 Å². The normalized spacial score (nSPS) is 15.7. The van der Waals surface area contributed by atoms with Crippen LogP contribution in [-0.2, 0) is 4.74 Å². The average molecular weight is 370 g/mol. The molecule has 27 heavy (non-hydrogen) atoms. The van der Waals surface area contributed by atoms with Crippen molar-refractivity contribution in [2.75, 3.05) is 32.8 Å². The number of aryl methyl sites for hydroxylation is 1. The van der Waals surface area contributed by atoms with Crippen LogP contribution in [0.1, 0.15) is 53.0 Å². The van der Waals surface area contributed by atoms with Crippen molar-refractivity contribution < 1.29 is 14.3 Å². The molecule has 1 aromatic carbocycles. The molecule has 2 aromatic rings. The van der Waals surface area contributed by atoms with E-state index in [9.17, 15) is 4.79 Å². The molecule has 5 nitrogen and oxygen atoms in total. The first-order valence-corrected chi connectivity index (χ1v) is 9.86. The van der Waals surface area contributed by atoms with E-state index in [0.717, 1.165) is 30.9 Å². The molecule has 1 aromatic heterocycles. The zero-order chi connectivity index (χ0) is 19.2. The highest BCUT2D eigenvalue weighted by molar-refractivity contribution is 5.91. The fourth-order valence-corrected chi connectivity index (χ4v) is 3.72. The Morgan fingerprint density at radius 3 is 2.56 bits per heavy atom. The van der Waals surface area contributed by atoms with Gasteiger partial charge in [0.1, 0.15) is 6.61 Å². The van der Waals surface area contributed by atoms with Crippen LogP contribution < -0.4 is 4.74 Å². The summed E-state index contributed by atoms with van der Waals surface area (Å²) in [6.45, 7) is 9.67. The quantitative estimate of drug-likeness (QED) is 0.747. The van der Waals surface area contributed by atoms with Crippen LogP contribution in [-0.4, -0.2) is 48.7 Å². The van der Waals surface area contributed by atoms with Gasteiger partial charge >= 0.3 is 5.97 Å². The van der Waals surface area contributed by atoms with Gasteiger partial charge in [0.25, 0.3) is 0 Å². The Kier molecular flexibility index (Phi) is 6.56. The highest BCUT2D eigenvalue weighted by Crippen LogP contribution is 2.29. The number of aromatic nitrogens is 1. The Balaban J connectivity index is 1.50. The number of nitrogens with zero attached hydrogens (tertiary/aromatic N) is 1. The fraction of sp³-hybridized carbons (Fsp3) is 0.500. The van der Waals surface area contributed by atoms with Gasteiger partial charge in [0.2, 0.25) is 0 Å². The summed E-state index contributed by atoms with van der Waals surface area (Å²) in [5, 5.41) is 0. The van der Waals surface area contributed by atoms with Crippen molar-refractivity contribution in [1.29, 1.82) is 0 Å². The first kappa shape index (κ1) is 19.5. The number of carbonyl (C=O) groups is 1. The van der Waals surface area contributed by atoms with Crippen molar-refractivity contribution in [3.8, 4) is 5.75 Å². The third kappa shape index (κ3) is 4.72. The maximum Gasteiger partial charge on any atom is 0.358 e. The van der Waals surface area contributed by atoms with Gasteiger partial charge in [-0.3, -0.25) is 4.90 Å². The maximum atomic E-state index is 12.1. The first-order chi connectivity index (χ1) is 13.1. The fourth-order valence-electron chi connectivity index (χ4n) is 3.72. The number of nitrogens with one attached hydrogen (secondary N) is 1. The smallest absolute Gasteiger partial charge is 0.358 e. The minimum absolute atomic E-state index is 0.353. The van der Waals surface area contributed by atoms with E-state index >= 15 is 0 Å². The Labute approximate surface area is 161 Å². The van der Waals surface area contributed by atoms with Crippen molar-refractivity contribution in [2.24, 2.45) is 0 Å². The molecule has 5 heteroatoms. The minimum Gasteiger partial charge on any atom is -0.489 e. The molecular formula is C22H30N2O3. The maximum absolute atomic E-state index is 12.1. The second-order valence-corrected chi connectivity index (χ2v) is 7.17. The number of piperidine rings is 1. The molecule has 0 unspecified atom stereocenters. The van der Waals surface area contributed by atoms with Gasteiger partial charge < -0.3 is 14.5 Å². The van der Waals surface area contributed by atoms with E-state index < -0.39 is 0 Å². The Morgan fingerprint density at radius 1 is 1.19 bits per heavy atom. The zero-order valence-electron chi connectivity index (χ0n) is 16.6. The Bertz CT molecular complexity index is 746. The number of H-pyrrole nitrogens is 1. The summed E-state index contributed by atoms with van der Waals surface area (Å²) in [7, 11) is 0. The number of rotatable bonds is 7. The van der Waals surface area contributed by atoms with Crippen molar-refractivity contribution in [3.63, 3.8) is 0 Å². The van der Waals surface area contributed by atoms with Gasteiger partial charge in [-0.15, -0.1) is 0 Å². The first-order valence-electron chi connectivity index (χ1n) is 9.86. The standard InChI is InChI=1S/C22H30N2O3/c1-4-26-22(25)20-21(16(2)17(3)23-20)27-15-14-24-12-10-19(11-13-24)18-8-6-5-7-9-18/h5-9,19,23H,4,10-15H2,1-3H3. The topological polar surface area (TPSA) is 54.6 Å². The molecule has 1 fully saturated rings. The van der Waals surface area contributed by atoms with Crippen molar-refractivity contribution >= 4 is 5.97 Å². The summed E-state index contributed by atoms with van der Waals surface area (Å²) in [5.74, 6) is 0.936. The molecular weight excluding hydrogens is 340 g/mol. The molecule has 0 atom stereocenters. The summed E-state index contributed by atoms with van der Waals surface area (Å²) >= 11 is 0. The Morgan fingerprint density at radius 2 is 1.89 bits per heavy atom. The molecule has 1 saturated heterocycles. The lowest BCUT2D eigenvalue weighted by atomic mass is 9.89. The molecule has 0 radical (unpaired) electrons. The second kappa shape index (κ2) is 9.09. The van der Waals surface area contributed by atoms with E-state index in [1.165, 1.54) is 18.4 Å². The molecule has 146 valence electrons. The molecule has 1 aliphatic rings. The second-order valence-electron chi connectivity index (χ2n) is 7.17. The van der Waals surface area contributed by atoms with Crippen LogP contribution in [0.4, 0.5) is 0 Å². The summed E-state index contributed by atoms with van der Waals surface area (Å²) < 4.78 is 11.1. The third-order valence-electron chi connectivity index (χ3n) is 5.43. The molecule has 0 saturated carbocycles. The molecule has 0 spiro atoms. The van der Waals surface area contributed by atoms with E-state index in [1.54, 1.807) is 6.92 Å². The number of aromatic amines is 1. The average Bonchev–Trinajstić information content (AvgIpc) is 2.98.